The smallest absolute Gasteiger partial charge is 0.317 e. The molecule has 3 rings (SSSR count). The van der Waals surface area contributed by atoms with Crippen LogP contribution in [0, 0.1) is 5.92 Å². The molecule has 2 N–H and O–H groups in total. The second-order valence-corrected chi connectivity index (χ2v) is 6.87. The standard InChI is InChI=1S/C18H28N4O2/c23-14-16-5-4-10-22(13-16)18(24)20-12-15-6-7-19-17(11-15)21-8-2-1-3-9-21/h6-7,11,16,23H,1-5,8-10,12-14H2,(H,20,24). The number of carbonyl (C=O) groups excluding carboxylic acids is 1. The van der Waals surface area contributed by atoms with E-state index in [0.29, 0.717) is 13.1 Å². The summed E-state index contributed by atoms with van der Waals surface area (Å²) in [6.07, 6.45) is 7.55. The first kappa shape index (κ1) is 17.0. The fourth-order valence-electron chi connectivity index (χ4n) is 3.55. The van der Waals surface area contributed by atoms with Crippen LogP contribution in [0.3, 0.4) is 0 Å². The topological polar surface area (TPSA) is 68.7 Å². The summed E-state index contributed by atoms with van der Waals surface area (Å²) in [7, 11) is 0. The molecule has 2 aliphatic heterocycles. The summed E-state index contributed by atoms with van der Waals surface area (Å²) in [5.74, 6) is 1.23. The molecule has 0 saturated carbocycles. The number of aliphatic hydroxyl groups is 1. The average molecular weight is 332 g/mol. The van der Waals surface area contributed by atoms with Crippen LogP contribution in [0.5, 0.6) is 0 Å². The lowest BCUT2D eigenvalue weighted by Gasteiger charge is -2.32. The maximum atomic E-state index is 12.3. The van der Waals surface area contributed by atoms with Gasteiger partial charge in [-0.15, -0.1) is 0 Å². The lowest BCUT2D eigenvalue weighted by Crippen LogP contribution is -2.45. The number of nitrogens with one attached hydrogen (secondary N) is 1. The van der Waals surface area contributed by atoms with Crippen molar-refractivity contribution in [3.05, 3.63) is 23.9 Å². The van der Waals surface area contributed by atoms with E-state index < -0.39 is 0 Å². The third-order valence-electron chi connectivity index (χ3n) is 5.00. The minimum absolute atomic E-state index is 0.0375. The molecule has 6 nitrogen and oxygen atoms in total. The van der Waals surface area contributed by atoms with Gasteiger partial charge in [-0.05, 0) is 55.7 Å². The Morgan fingerprint density at radius 2 is 2.08 bits per heavy atom. The number of anilines is 1. The monoisotopic (exact) mass is 332 g/mol. The Hall–Kier alpha value is -1.82. The van der Waals surface area contributed by atoms with Crippen LogP contribution in [0.25, 0.3) is 0 Å². The van der Waals surface area contributed by atoms with Crippen LogP contribution in [0.4, 0.5) is 10.6 Å². The average Bonchev–Trinajstić information content (AvgIpc) is 2.67. The Bertz CT molecular complexity index is 546. The Labute approximate surface area is 143 Å². The van der Waals surface area contributed by atoms with Gasteiger partial charge in [-0.25, -0.2) is 9.78 Å². The fraction of sp³-hybridized carbons (Fsp3) is 0.667. The zero-order valence-electron chi connectivity index (χ0n) is 14.3. The Balaban J connectivity index is 1.53. The molecule has 0 aromatic carbocycles. The van der Waals surface area contributed by atoms with E-state index in [0.717, 1.165) is 43.9 Å². The van der Waals surface area contributed by atoms with Crippen molar-refractivity contribution in [2.75, 3.05) is 37.7 Å². The van der Waals surface area contributed by atoms with Crippen molar-refractivity contribution in [2.45, 2.75) is 38.6 Å². The number of pyridine rings is 1. The van der Waals surface area contributed by atoms with Gasteiger partial charge in [0.15, 0.2) is 0 Å². The van der Waals surface area contributed by atoms with Crippen LogP contribution in [0.15, 0.2) is 18.3 Å². The minimum Gasteiger partial charge on any atom is -0.396 e. The van der Waals surface area contributed by atoms with Gasteiger partial charge >= 0.3 is 6.03 Å². The molecule has 1 aromatic heterocycles. The van der Waals surface area contributed by atoms with Gasteiger partial charge in [-0.1, -0.05) is 0 Å². The molecule has 132 valence electrons. The molecule has 2 fully saturated rings. The molecule has 0 spiro atoms. The summed E-state index contributed by atoms with van der Waals surface area (Å²) in [6, 6.07) is 4.00. The first-order valence-electron chi connectivity index (χ1n) is 9.10. The summed E-state index contributed by atoms with van der Waals surface area (Å²) in [6.45, 7) is 4.24. The number of likely N-dealkylation sites (tertiary alicyclic amines) is 1. The highest BCUT2D eigenvalue weighted by Gasteiger charge is 2.22. The number of hydrogen-bond donors (Lipinski definition) is 2. The summed E-state index contributed by atoms with van der Waals surface area (Å²) in [4.78, 5) is 20.9. The maximum absolute atomic E-state index is 12.3. The number of urea groups is 1. The van der Waals surface area contributed by atoms with E-state index in [1.54, 1.807) is 0 Å². The summed E-state index contributed by atoms with van der Waals surface area (Å²) >= 11 is 0. The van der Waals surface area contributed by atoms with Crippen LogP contribution in [0.2, 0.25) is 0 Å². The first-order valence-corrected chi connectivity index (χ1v) is 9.10. The molecule has 3 heterocycles. The Morgan fingerprint density at radius 3 is 2.88 bits per heavy atom. The molecule has 0 bridgehead atoms. The van der Waals surface area contributed by atoms with Gasteiger partial charge in [0.05, 0.1) is 0 Å². The number of rotatable bonds is 4. The summed E-state index contributed by atoms with van der Waals surface area (Å²) in [5.41, 5.74) is 1.08. The highest BCUT2D eigenvalue weighted by Crippen LogP contribution is 2.19. The number of aromatic nitrogens is 1. The van der Waals surface area contributed by atoms with Gasteiger partial charge in [-0.3, -0.25) is 0 Å². The van der Waals surface area contributed by atoms with E-state index in [4.69, 9.17) is 0 Å². The number of piperidine rings is 2. The molecule has 1 aromatic rings. The van der Waals surface area contributed by atoms with Crippen LogP contribution < -0.4 is 10.2 Å². The van der Waals surface area contributed by atoms with Gasteiger partial charge in [0.2, 0.25) is 0 Å². The zero-order chi connectivity index (χ0) is 16.8. The van der Waals surface area contributed by atoms with Gasteiger partial charge in [0.25, 0.3) is 0 Å². The largest absolute Gasteiger partial charge is 0.396 e. The number of hydrogen-bond acceptors (Lipinski definition) is 4. The third-order valence-corrected chi connectivity index (χ3v) is 5.00. The van der Waals surface area contributed by atoms with Crippen molar-refractivity contribution in [1.29, 1.82) is 0 Å². The van der Waals surface area contributed by atoms with E-state index >= 15 is 0 Å². The van der Waals surface area contributed by atoms with E-state index in [1.165, 1.54) is 19.3 Å². The third kappa shape index (κ3) is 4.38. The van der Waals surface area contributed by atoms with Gasteiger partial charge in [0, 0.05) is 45.5 Å². The van der Waals surface area contributed by atoms with E-state index in [1.807, 2.05) is 17.2 Å². The SMILES string of the molecule is O=C(NCc1ccnc(N2CCCCC2)c1)N1CCCC(CO)C1. The molecular weight excluding hydrogens is 304 g/mol. The normalized spacial score (nSPS) is 21.6. The van der Waals surface area contributed by atoms with Crippen LogP contribution in [-0.4, -0.2) is 53.8 Å². The number of nitrogens with zero attached hydrogens (tertiary/aromatic N) is 3. The molecule has 6 heteroatoms. The predicted octanol–water partition coefficient (Wildman–Crippen LogP) is 1.99. The summed E-state index contributed by atoms with van der Waals surface area (Å²) in [5, 5.41) is 12.3. The zero-order valence-corrected chi connectivity index (χ0v) is 14.3. The quantitative estimate of drug-likeness (QED) is 0.885. The first-order chi connectivity index (χ1) is 11.8. The fourth-order valence-corrected chi connectivity index (χ4v) is 3.55. The Kier molecular flexibility index (Phi) is 5.91. The van der Waals surface area contributed by atoms with Crippen LogP contribution in [-0.2, 0) is 6.54 Å². The number of carbonyl (C=O) groups is 1. The van der Waals surface area contributed by atoms with Crippen LogP contribution in [0.1, 0.15) is 37.7 Å². The maximum Gasteiger partial charge on any atom is 0.317 e. The van der Waals surface area contributed by atoms with Crippen LogP contribution >= 0.6 is 0 Å². The molecule has 2 aliphatic rings. The molecule has 0 radical (unpaired) electrons. The molecule has 2 amide bonds. The molecule has 0 aliphatic carbocycles. The van der Waals surface area contributed by atoms with Crippen molar-refractivity contribution in [3.8, 4) is 0 Å². The lowest BCUT2D eigenvalue weighted by atomic mass is 9.99. The molecule has 24 heavy (non-hydrogen) atoms. The molecular formula is C18H28N4O2. The van der Waals surface area contributed by atoms with Gasteiger partial charge < -0.3 is 20.2 Å². The summed E-state index contributed by atoms with van der Waals surface area (Å²) < 4.78 is 0. The highest BCUT2D eigenvalue weighted by atomic mass is 16.3. The van der Waals surface area contributed by atoms with E-state index in [9.17, 15) is 9.90 Å². The predicted molar refractivity (Wildman–Crippen MR) is 93.9 cm³/mol. The Morgan fingerprint density at radius 1 is 1.25 bits per heavy atom. The van der Waals surface area contributed by atoms with Crippen molar-refractivity contribution in [2.24, 2.45) is 5.92 Å². The van der Waals surface area contributed by atoms with Gasteiger partial charge in [0.1, 0.15) is 5.82 Å². The van der Waals surface area contributed by atoms with E-state index in [-0.39, 0.29) is 18.6 Å². The second-order valence-electron chi connectivity index (χ2n) is 6.87. The second kappa shape index (κ2) is 8.33. The molecule has 1 unspecified atom stereocenters. The molecule has 1 atom stereocenters. The minimum atomic E-state index is -0.0375. The van der Waals surface area contributed by atoms with Crippen molar-refractivity contribution in [3.63, 3.8) is 0 Å². The van der Waals surface area contributed by atoms with E-state index in [2.05, 4.69) is 21.3 Å². The van der Waals surface area contributed by atoms with Crippen molar-refractivity contribution < 1.29 is 9.90 Å². The highest BCUT2D eigenvalue weighted by molar-refractivity contribution is 5.74. The number of amides is 2. The van der Waals surface area contributed by atoms with Gasteiger partial charge in [-0.2, -0.15) is 0 Å². The number of aliphatic hydroxyl groups excluding tert-OH is 1. The lowest BCUT2D eigenvalue weighted by molar-refractivity contribution is 0.129. The van der Waals surface area contributed by atoms with Crippen molar-refractivity contribution >= 4 is 11.8 Å². The molecule has 2 saturated heterocycles. The van der Waals surface area contributed by atoms with Crippen molar-refractivity contribution in [1.82, 2.24) is 15.2 Å².